The molecule has 2 fully saturated rings. The van der Waals surface area contributed by atoms with Crippen LogP contribution in [-0.2, 0) is 22.5 Å². The predicted octanol–water partition coefficient (Wildman–Crippen LogP) is 7.80. The summed E-state index contributed by atoms with van der Waals surface area (Å²) in [5.74, 6) is 0.165. The molecule has 2 aliphatic heterocycles. The number of aryl methyl sites for hydroxylation is 2. The third-order valence-electron chi connectivity index (χ3n) is 11.7. The van der Waals surface area contributed by atoms with Crippen LogP contribution < -0.4 is 19.6 Å². The van der Waals surface area contributed by atoms with Crippen LogP contribution in [0.1, 0.15) is 76.8 Å². The van der Waals surface area contributed by atoms with E-state index in [4.69, 9.17) is 4.84 Å². The summed E-state index contributed by atoms with van der Waals surface area (Å²) in [6, 6.07) is 32.9. The SMILES string of the molecule is CN(C)c1ccccc1CCCCC(=O)c1ccccc1N1CCN(CCC(=O)ON2CCN(c3ccccc3C(=O)CCCCc3ccccc3N(C)C)CC2)CC1. The Kier molecular flexibility index (Phi) is 16.0. The smallest absolute Gasteiger partial charge is 0.326 e. The maximum Gasteiger partial charge on any atom is 0.326 e. The van der Waals surface area contributed by atoms with Crippen molar-refractivity contribution in [1.29, 1.82) is 0 Å². The Balaban J connectivity index is 0.885. The Morgan fingerprint density at radius 2 is 0.932 bits per heavy atom. The summed E-state index contributed by atoms with van der Waals surface area (Å²) in [6.45, 7) is 6.41. The van der Waals surface area contributed by atoms with Crippen molar-refractivity contribution in [2.24, 2.45) is 0 Å². The Bertz CT molecular complexity index is 1980. The van der Waals surface area contributed by atoms with Crippen LogP contribution in [0.25, 0.3) is 0 Å². The van der Waals surface area contributed by atoms with Gasteiger partial charge in [-0.1, -0.05) is 60.7 Å². The lowest BCUT2D eigenvalue weighted by Crippen LogP contribution is -2.48. The van der Waals surface area contributed by atoms with Crippen LogP contribution in [0.15, 0.2) is 97.1 Å². The Morgan fingerprint density at radius 1 is 0.508 bits per heavy atom. The summed E-state index contributed by atoms with van der Waals surface area (Å²) in [4.78, 5) is 56.7. The minimum atomic E-state index is -0.217. The average Bonchev–Trinajstić information content (AvgIpc) is 3.26. The molecule has 6 rings (SSSR count). The van der Waals surface area contributed by atoms with Gasteiger partial charge in [-0.05, 0) is 86.1 Å². The van der Waals surface area contributed by atoms with Crippen molar-refractivity contribution < 1.29 is 19.2 Å². The van der Waals surface area contributed by atoms with Gasteiger partial charge in [0.05, 0.1) is 19.5 Å². The lowest BCUT2D eigenvalue weighted by atomic mass is 9.99. The second kappa shape index (κ2) is 21.7. The van der Waals surface area contributed by atoms with Gasteiger partial charge in [-0.25, -0.2) is 0 Å². The highest BCUT2D eigenvalue weighted by Gasteiger charge is 2.25. The first kappa shape index (κ1) is 43.4. The molecule has 10 heteroatoms. The highest BCUT2D eigenvalue weighted by molar-refractivity contribution is 6.02. The maximum atomic E-state index is 13.4. The van der Waals surface area contributed by atoms with E-state index in [2.05, 4.69) is 107 Å². The Labute approximate surface area is 352 Å². The largest absolute Gasteiger partial charge is 0.377 e. The molecule has 0 radical (unpaired) electrons. The fourth-order valence-electron chi connectivity index (χ4n) is 8.43. The van der Waals surface area contributed by atoms with Crippen molar-refractivity contribution in [3.63, 3.8) is 0 Å². The van der Waals surface area contributed by atoms with Crippen LogP contribution in [0, 0.1) is 0 Å². The molecule has 0 amide bonds. The molecule has 0 aromatic heterocycles. The molecular weight excluding hydrogens is 737 g/mol. The quantitative estimate of drug-likeness (QED) is 0.0653. The van der Waals surface area contributed by atoms with Gasteiger partial charge in [0.1, 0.15) is 0 Å². The third kappa shape index (κ3) is 12.2. The molecule has 2 heterocycles. The lowest BCUT2D eigenvalue weighted by Gasteiger charge is -2.37. The first-order chi connectivity index (χ1) is 28.7. The monoisotopic (exact) mass is 800 g/mol. The number of hydrogen-bond donors (Lipinski definition) is 0. The number of hydroxylamine groups is 2. The van der Waals surface area contributed by atoms with Gasteiger partial charge in [-0.3, -0.25) is 19.3 Å². The molecule has 4 aromatic rings. The number of anilines is 4. The summed E-state index contributed by atoms with van der Waals surface area (Å²) < 4.78 is 0. The van der Waals surface area contributed by atoms with Crippen molar-refractivity contribution >= 4 is 40.3 Å². The van der Waals surface area contributed by atoms with Gasteiger partial charge >= 0.3 is 5.97 Å². The van der Waals surface area contributed by atoms with Gasteiger partial charge < -0.3 is 24.4 Å². The molecule has 4 aromatic carbocycles. The van der Waals surface area contributed by atoms with E-state index < -0.39 is 0 Å². The molecular formula is C49H64N6O4. The standard InChI is InChI=1S/C49H64N6O4/c1-50(2)43-23-11-5-17-39(43)19-7-15-27-47(56)41-21-9-13-25-45(41)53-33-31-52(32-34-53)30-29-49(58)59-55-37-35-54(36-38-55)46-26-14-10-22-42(46)48(57)28-16-8-20-40-18-6-12-24-44(40)51(3)4/h5-6,9-14,17-18,21-26H,7-8,15-16,19-20,27-38H2,1-4H3. The molecule has 314 valence electrons. The lowest BCUT2D eigenvalue weighted by molar-refractivity contribution is -0.192. The topological polar surface area (TPSA) is 79.9 Å². The summed E-state index contributed by atoms with van der Waals surface area (Å²) >= 11 is 0. The van der Waals surface area contributed by atoms with E-state index in [9.17, 15) is 14.4 Å². The molecule has 10 nitrogen and oxygen atoms in total. The van der Waals surface area contributed by atoms with Crippen LogP contribution in [-0.4, -0.2) is 115 Å². The summed E-state index contributed by atoms with van der Waals surface area (Å²) in [6.07, 6.45) is 6.95. The van der Waals surface area contributed by atoms with Crippen molar-refractivity contribution in [2.45, 2.75) is 57.8 Å². The minimum Gasteiger partial charge on any atom is -0.377 e. The van der Waals surface area contributed by atoms with E-state index >= 15 is 0 Å². The number of carbonyl (C=O) groups excluding carboxylic acids is 3. The van der Waals surface area contributed by atoms with Gasteiger partial charge in [0, 0.05) is 121 Å². The number of para-hydroxylation sites is 4. The second-order valence-corrected chi connectivity index (χ2v) is 16.3. The first-order valence-electron chi connectivity index (χ1n) is 21.6. The van der Waals surface area contributed by atoms with Gasteiger partial charge in [0.25, 0.3) is 0 Å². The fourth-order valence-corrected chi connectivity index (χ4v) is 8.43. The molecule has 0 bridgehead atoms. The highest BCUT2D eigenvalue weighted by atomic mass is 16.7. The number of carbonyl (C=O) groups is 3. The number of unbranched alkanes of at least 4 members (excludes halogenated alkanes) is 2. The van der Waals surface area contributed by atoms with E-state index in [1.807, 2.05) is 42.5 Å². The van der Waals surface area contributed by atoms with Crippen LogP contribution in [0.4, 0.5) is 22.7 Å². The Morgan fingerprint density at radius 3 is 1.41 bits per heavy atom. The first-order valence-corrected chi connectivity index (χ1v) is 21.6. The van der Waals surface area contributed by atoms with E-state index in [1.54, 1.807) is 5.06 Å². The van der Waals surface area contributed by atoms with Crippen molar-refractivity contribution in [2.75, 3.05) is 107 Å². The minimum absolute atomic E-state index is 0.179. The zero-order chi connectivity index (χ0) is 41.6. The molecule has 0 unspecified atom stereocenters. The van der Waals surface area contributed by atoms with Crippen molar-refractivity contribution in [3.8, 4) is 0 Å². The third-order valence-corrected chi connectivity index (χ3v) is 11.7. The van der Waals surface area contributed by atoms with E-state index in [0.717, 1.165) is 87.2 Å². The number of ketones is 2. The zero-order valence-corrected chi connectivity index (χ0v) is 35.8. The summed E-state index contributed by atoms with van der Waals surface area (Å²) in [5.41, 5.74) is 8.66. The number of hydrogen-bond acceptors (Lipinski definition) is 10. The van der Waals surface area contributed by atoms with Gasteiger partial charge in [0.2, 0.25) is 0 Å². The summed E-state index contributed by atoms with van der Waals surface area (Å²) in [7, 11) is 8.27. The van der Waals surface area contributed by atoms with Gasteiger partial charge in [-0.2, -0.15) is 0 Å². The number of Topliss-reactive ketones (excluding diaryl/α,β-unsaturated/α-hetero) is 2. The van der Waals surface area contributed by atoms with Gasteiger partial charge in [0.15, 0.2) is 11.6 Å². The van der Waals surface area contributed by atoms with Crippen LogP contribution >= 0.6 is 0 Å². The molecule has 0 aliphatic carbocycles. The predicted molar refractivity (Wildman–Crippen MR) is 241 cm³/mol. The molecule has 0 atom stereocenters. The Hall–Kier alpha value is -5.19. The van der Waals surface area contributed by atoms with Crippen molar-refractivity contribution in [1.82, 2.24) is 9.96 Å². The molecule has 0 saturated carbocycles. The van der Waals surface area contributed by atoms with Gasteiger partial charge in [-0.15, -0.1) is 5.06 Å². The number of rotatable bonds is 20. The molecule has 0 spiro atoms. The molecule has 2 aliphatic rings. The van der Waals surface area contributed by atoms with E-state index in [-0.39, 0.29) is 17.5 Å². The zero-order valence-electron chi connectivity index (χ0n) is 35.8. The van der Waals surface area contributed by atoms with Crippen LogP contribution in [0.3, 0.4) is 0 Å². The number of piperazine rings is 2. The highest BCUT2D eigenvalue weighted by Crippen LogP contribution is 2.27. The van der Waals surface area contributed by atoms with E-state index in [0.29, 0.717) is 52.0 Å². The summed E-state index contributed by atoms with van der Waals surface area (Å²) in [5, 5.41) is 1.77. The molecule has 2 saturated heterocycles. The number of benzene rings is 4. The molecule has 59 heavy (non-hydrogen) atoms. The van der Waals surface area contributed by atoms with Crippen LogP contribution in [0.5, 0.6) is 0 Å². The van der Waals surface area contributed by atoms with Crippen LogP contribution in [0.2, 0.25) is 0 Å². The molecule has 0 N–H and O–H groups in total. The maximum absolute atomic E-state index is 13.4. The average molecular weight is 801 g/mol. The van der Waals surface area contributed by atoms with Crippen molar-refractivity contribution in [3.05, 3.63) is 119 Å². The number of nitrogens with zero attached hydrogens (tertiary/aromatic N) is 6. The fraction of sp³-hybridized carbons (Fsp3) is 0.449. The van der Waals surface area contributed by atoms with E-state index in [1.165, 1.54) is 22.5 Å². The second-order valence-electron chi connectivity index (χ2n) is 16.3. The normalized spacial score (nSPS) is 14.9.